The topological polar surface area (TPSA) is 89.6 Å². The van der Waals surface area contributed by atoms with Crippen LogP contribution >= 0.6 is 34.4 Å². The van der Waals surface area contributed by atoms with Gasteiger partial charge >= 0.3 is 6.18 Å². The first-order valence-corrected chi connectivity index (χ1v) is 12.0. The number of carbonyl (C=O) groups is 1. The summed E-state index contributed by atoms with van der Waals surface area (Å²) in [6.07, 6.45) is -2.10. The van der Waals surface area contributed by atoms with Crippen LogP contribution in [0.25, 0.3) is 10.6 Å². The summed E-state index contributed by atoms with van der Waals surface area (Å²) in [5.74, 6) is -0.729. The van der Waals surface area contributed by atoms with Crippen molar-refractivity contribution in [2.24, 2.45) is 0 Å². The highest BCUT2D eigenvalue weighted by Gasteiger charge is 2.36. The predicted octanol–water partition coefficient (Wildman–Crippen LogP) is 5.85. The van der Waals surface area contributed by atoms with Crippen LogP contribution < -0.4 is 5.32 Å². The van der Waals surface area contributed by atoms with Gasteiger partial charge in [0.05, 0.1) is 33.0 Å². The fraction of sp³-hybridized carbons (Fsp3) is 0.238. The Bertz CT molecular complexity index is 1270. The maximum atomic E-state index is 13.6. The molecular weight excluding hydrogens is 477 g/mol. The van der Waals surface area contributed by atoms with E-state index >= 15 is 0 Å². The number of aromatic nitrogens is 1. The molecule has 0 aromatic carbocycles. The number of anilines is 1. The molecule has 162 valence electrons. The number of nitrogens with zero attached hydrogens (tertiary/aromatic N) is 3. The summed E-state index contributed by atoms with van der Waals surface area (Å²) in [5, 5.41) is 23.5. The Morgan fingerprint density at radius 1 is 1.25 bits per heavy atom. The van der Waals surface area contributed by atoms with Gasteiger partial charge in [0.1, 0.15) is 22.2 Å². The molecule has 4 rings (SSSR count). The lowest BCUT2D eigenvalue weighted by Gasteiger charge is -2.13. The van der Waals surface area contributed by atoms with Crippen molar-refractivity contribution in [1.29, 1.82) is 10.5 Å². The Kier molecular flexibility index (Phi) is 6.24. The zero-order valence-electron chi connectivity index (χ0n) is 16.2. The molecule has 0 aliphatic heterocycles. The van der Waals surface area contributed by atoms with Crippen LogP contribution in [0.1, 0.15) is 33.6 Å². The third-order valence-electron chi connectivity index (χ3n) is 4.80. The predicted molar refractivity (Wildman–Crippen MR) is 118 cm³/mol. The molecule has 0 bridgehead atoms. The minimum Gasteiger partial charge on any atom is -0.316 e. The van der Waals surface area contributed by atoms with Crippen molar-refractivity contribution < 1.29 is 18.0 Å². The second kappa shape index (κ2) is 8.94. The van der Waals surface area contributed by atoms with Gasteiger partial charge in [0.2, 0.25) is 5.91 Å². The maximum absolute atomic E-state index is 13.6. The van der Waals surface area contributed by atoms with Gasteiger partial charge in [0.25, 0.3) is 0 Å². The molecule has 0 fully saturated rings. The van der Waals surface area contributed by atoms with E-state index in [0.29, 0.717) is 15.4 Å². The number of rotatable bonds is 5. The fourth-order valence-corrected chi connectivity index (χ4v) is 6.16. The highest BCUT2D eigenvalue weighted by Crippen LogP contribution is 2.40. The number of nitrogens with one attached hydrogen (secondary N) is 1. The summed E-state index contributed by atoms with van der Waals surface area (Å²) in [5.41, 5.74) is -0.176. The van der Waals surface area contributed by atoms with E-state index in [2.05, 4.69) is 16.4 Å². The lowest BCUT2D eigenvalue weighted by molar-refractivity contribution is -0.138. The van der Waals surface area contributed by atoms with Gasteiger partial charge in [-0.15, -0.1) is 22.7 Å². The summed E-state index contributed by atoms with van der Waals surface area (Å²) < 4.78 is 40.8. The van der Waals surface area contributed by atoms with Gasteiger partial charge in [-0.1, -0.05) is 17.8 Å². The van der Waals surface area contributed by atoms with Crippen LogP contribution in [0.15, 0.2) is 28.6 Å². The molecule has 1 N–H and O–H groups in total. The van der Waals surface area contributed by atoms with Crippen molar-refractivity contribution in [1.82, 2.24) is 4.98 Å². The Morgan fingerprint density at radius 2 is 2.03 bits per heavy atom. The normalized spacial score (nSPS) is 12.8. The zero-order valence-corrected chi connectivity index (χ0v) is 18.7. The molecule has 0 saturated heterocycles. The summed E-state index contributed by atoms with van der Waals surface area (Å²) in [7, 11) is 0. The van der Waals surface area contributed by atoms with Gasteiger partial charge < -0.3 is 5.32 Å². The highest BCUT2D eigenvalue weighted by molar-refractivity contribution is 8.00. The third-order valence-corrected chi connectivity index (χ3v) is 7.88. The van der Waals surface area contributed by atoms with E-state index in [-0.39, 0.29) is 16.5 Å². The van der Waals surface area contributed by atoms with Crippen molar-refractivity contribution >= 4 is 45.3 Å². The van der Waals surface area contributed by atoms with Crippen molar-refractivity contribution in [3.63, 3.8) is 0 Å². The molecule has 3 aromatic rings. The van der Waals surface area contributed by atoms with E-state index in [4.69, 9.17) is 0 Å². The number of nitriles is 2. The van der Waals surface area contributed by atoms with Crippen LogP contribution in [-0.2, 0) is 23.8 Å². The molecule has 3 aromatic heterocycles. The fourth-order valence-electron chi connectivity index (χ4n) is 3.42. The van der Waals surface area contributed by atoms with Gasteiger partial charge in [-0.3, -0.25) is 4.79 Å². The van der Waals surface area contributed by atoms with E-state index < -0.39 is 23.2 Å². The number of amides is 1. The number of hydrogen-bond acceptors (Lipinski definition) is 7. The lowest BCUT2D eigenvalue weighted by atomic mass is 10.1. The molecule has 0 unspecified atom stereocenters. The van der Waals surface area contributed by atoms with Gasteiger partial charge in [-0.05, 0) is 42.3 Å². The monoisotopic (exact) mass is 490 g/mol. The average molecular weight is 491 g/mol. The standard InChI is InChI=1S/C21H13F3N4OS3/c22-21(23,24)14-7-15(17-5-2-6-30-17)27-19(13(14)9-26)31-10-18(29)28-20-12(8-25)11-3-1-4-16(11)32-20/h2,5-7H,1,3-4,10H2,(H,28,29). The van der Waals surface area contributed by atoms with Crippen LogP contribution in [0.3, 0.4) is 0 Å². The Labute approximate surface area is 193 Å². The summed E-state index contributed by atoms with van der Waals surface area (Å²) in [6.45, 7) is 0. The summed E-state index contributed by atoms with van der Waals surface area (Å²) in [6, 6.07) is 7.91. The second-order valence-corrected chi connectivity index (χ2v) is 9.85. The lowest BCUT2D eigenvalue weighted by Crippen LogP contribution is -2.15. The van der Waals surface area contributed by atoms with E-state index in [1.165, 1.54) is 22.7 Å². The van der Waals surface area contributed by atoms with Crippen LogP contribution in [0.2, 0.25) is 0 Å². The molecule has 1 aliphatic rings. The molecule has 11 heteroatoms. The van der Waals surface area contributed by atoms with Crippen molar-refractivity contribution in [2.45, 2.75) is 30.5 Å². The van der Waals surface area contributed by atoms with Gasteiger partial charge in [-0.2, -0.15) is 23.7 Å². The molecule has 32 heavy (non-hydrogen) atoms. The van der Waals surface area contributed by atoms with Crippen LogP contribution in [-0.4, -0.2) is 16.6 Å². The molecule has 1 amide bonds. The van der Waals surface area contributed by atoms with Crippen molar-refractivity contribution in [3.8, 4) is 22.7 Å². The van der Waals surface area contributed by atoms with Gasteiger partial charge in [-0.25, -0.2) is 4.98 Å². The van der Waals surface area contributed by atoms with E-state index in [9.17, 15) is 28.5 Å². The van der Waals surface area contributed by atoms with Crippen LogP contribution in [0, 0.1) is 22.7 Å². The number of alkyl halides is 3. The number of carbonyl (C=O) groups excluding carboxylic acids is 1. The number of pyridine rings is 1. The number of hydrogen-bond donors (Lipinski definition) is 1. The number of halogens is 3. The molecule has 0 radical (unpaired) electrons. The molecule has 0 atom stereocenters. The van der Waals surface area contributed by atoms with Gasteiger partial charge in [0, 0.05) is 4.88 Å². The van der Waals surface area contributed by atoms with Crippen LogP contribution in [0.5, 0.6) is 0 Å². The Hall–Kier alpha value is -2.86. The average Bonchev–Trinajstić information content (AvgIpc) is 3.48. The van der Waals surface area contributed by atoms with Crippen molar-refractivity contribution in [3.05, 3.63) is 50.7 Å². The summed E-state index contributed by atoms with van der Waals surface area (Å²) >= 11 is 3.35. The second-order valence-electron chi connectivity index (χ2n) is 6.83. The van der Waals surface area contributed by atoms with E-state index in [1.807, 2.05) is 0 Å². The third kappa shape index (κ3) is 4.37. The van der Waals surface area contributed by atoms with E-state index in [0.717, 1.165) is 47.5 Å². The first-order chi connectivity index (χ1) is 15.3. The number of fused-ring (bicyclic) bond motifs is 1. The Balaban J connectivity index is 1.59. The molecule has 5 nitrogen and oxygen atoms in total. The number of aryl methyl sites for hydroxylation is 1. The van der Waals surface area contributed by atoms with Crippen LogP contribution in [0.4, 0.5) is 18.2 Å². The molecular formula is C21H13F3N4OS3. The summed E-state index contributed by atoms with van der Waals surface area (Å²) in [4.78, 5) is 18.4. The maximum Gasteiger partial charge on any atom is 0.417 e. The first kappa shape index (κ1) is 22.3. The minimum atomic E-state index is -4.74. The molecule has 1 aliphatic carbocycles. The first-order valence-electron chi connectivity index (χ1n) is 9.35. The SMILES string of the molecule is N#Cc1c(C(F)(F)F)cc(-c2cccs2)nc1SCC(=O)Nc1sc2c(c1C#N)CCC2. The highest BCUT2D eigenvalue weighted by atomic mass is 32.2. The molecule has 0 saturated carbocycles. The largest absolute Gasteiger partial charge is 0.417 e. The smallest absolute Gasteiger partial charge is 0.316 e. The molecule has 3 heterocycles. The number of thiophene rings is 2. The molecule has 0 spiro atoms. The minimum absolute atomic E-state index is 0.0932. The Morgan fingerprint density at radius 3 is 2.69 bits per heavy atom. The quantitative estimate of drug-likeness (QED) is 0.453. The van der Waals surface area contributed by atoms with Gasteiger partial charge in [0.15, 0.2) is 0 Å². The van der Waals surface area contributed by atoms with Crippen molar-refractivity contribution in [2.75, 3.05) is 11.1 Å². The van der Waals surface area contributed by atoms with E-state index in [1.54, 1.807) is 23.6 Å². The zero-order chi connectivity index (χ0) is 22.9. The number of thioether (sulfide) groups is 1.